The van der Waals surface area contributed by atoms with Gasteiger partial charge in [-0.15, -0.1) is 0 Å². The number of carbonyl (C=O) groups is 1. The van der Waals surface area contributed by atoms with Crippen molar-refractivity contribution in [2.75, 3.05) is 7.05 Å². The van der Waals surface area contributed by atoms with Gasteiger partial charge in [0.1, 0.15) is 16.7 Å². The van der Waals surface area contributed by atoms with Gasteiger partial charge >= 0.3 is 0 Å². The summed E-state index contributed by atoms with van der Waals surface area (Å²) >= 11 is 1.10. The Kier molecular flexibility index (Phi) is 3.99. The molecule has 7 heteroatoms. The van der Waals surface area contributed by atoms with Crippen molar-refractivity contribution in [1.82, 2.24) is 18.8 Å². The van der Waals surface area contributed by atoms with Crippen LogP contribution in [0.2, 0.25) is 0 Å². The molecular formula is C18H14N4O2S. The van der Waals surface area contributed by atoms with Crippen molar-refractivity contribution in [2.45, 2.75) is 6.54 Å². The molecule has 0 radical (unpaired) electrons. The number of fused-ring (bicyclic) bond motifs is 1. The maximum Gasteiger partial charge on any atom is 0.256 e. The summed E-state index contributed by atoms with van der Waals surface area (Å²) in [7, 11) is 1.73. The van der Waals surface area contributed by atoms with Gasteiger partial charge in [-0.2, -0.15) is 8.75 Å². The topological polar surface area (TPSA) is 72.1 Å². The van der Waals surface area contributed by atoms with Crippen LogP contribution in [-0.4, -0.2) is 31.8 Å². The van der Waals surface area contributed by atoms with Crippen molar-refractivity contribution in [3.8, 4) is 11.3 Å². The summed E-state index contributed by atoms with van der Waals surface area (Å²) in [6.07, 6.45) is 0. The fourth-order valence-electron chi connectivity index (χ4n) is 2.62. The van der Waals surface area contributed by atoms with Gasteiger partial charge in [0, 0.05) is 18.7 Å². The summed E-state index contributed by atoms with van der Waals surface area (Å²) < 4.78 is 13.8. The van der Waals surface area contributed by atoms with Crippen LogP contribution in [0, 0.1) is 0 Å². The van der Waals surface area contributed by atoms with Gasteiger partial charge < -0.3 is 9.42 Å². The van der Waals surface area contributed by atoms with Gasteiger partial charge in [0.25, 0.3) is 5.91 Å². The average Bonchev–Trinajstić information content (AvgIpc) is 3.30. The third kappa shape index (κ3) is 3.01. The minimum atomic E-state index is -0.123. The second-order valence-electron chi connectivity index (χ2n) is 5.65. The molecule has 0 aliphatic carbocycles. The molecule has 0 saturated carbocycles. The summed E-state index contributed by atoms with van der Waals surface area (Å²) in [6, 6.07) is 17.0. The van der Waals surface area contributed by atoms with Crippen molar-refractivity contribution in [2.24, 2.45) is 0 Å². The van der Waals surface area contributed by atoms with Gasteiger partial charge in [0.05, 0.1) is 23.8 Å². The van der Waals surface area contributed by atoms with Crippen molar-refractivity contribution >= 4 is 28.7 Å². The fourth-order valence-corrected chi connectivity index (χ4v) is 3.17. The van der Waals surface area contributed by atoms with Crippen molar-refractivity contribution in [1.29, 1.82) is 0 Å². The maximum atomic E-state index is 12.7. The van der Waals surface area contributed by atoms with Crippen LogP contribution >= 0.6 is 11.7 Å². The van der Waals surface area contributed by atoms with Crippen molar-refractivity contribution in [3.05, 3.63) is 65.9 Å². The normalized spacial score (nSPS) is 10.9. The van der Waals surface area contributed by atoms with E-state index in [-0.39, 0.29) is 5.91 Å². The Morgan fingerprint density at radius 2 is 1.96 bits per heavy atom. The SMILES string of the molecule is CN(Cc1cc(-c2ccccc2)on1)C(=O)c1cccc2nsnc12. The number of hydrogen-bond donors (Lipinski definition) is 0. The molecule has 0 aliphatic heterocycles. The third-order valence-corrected chi connectivity index (χ3v) is 4.42. The van der Waals surface area contributed by atoms with E-state index in [1.807, 2.05) is 48.5 Å². The van der Waals surface area contributed by atoms with Crippen LogP contribution < -0.4 is 0 Å². The molecule has 4 rings (SSSR count). The lowest BCUT2D eigenvalue weighted by atomic mass is 10.1. The maximum absolute atomic E-state index is 12.7. The van der Waals surface area contributed by atoms with Gasteiger partial charge in [-0.3, -0.25) is 4.79 Å². The number of aromatic nitrogens is 3. The number of carbonyl (C=O) groups excluding carboxylic acids is 1. The van der Waals surface area contributed by atoms with E-state index in [1.165, 1.54) is 0 Å². The number of benzene rings is 2. The highest BCUT2D eigenvalue weighted by Gasteiger charge is 2.18. The fraction of sp³-hybridized carbons (Fsp3) is 0.111. The Balaban J connectivity index is 1.54. The van der Waals surface area contributed by atoms with E-state index < -0.39 is 0 Å². The lowest BCUT2D eigenvalue weighted by molar-refractivity contribution is 0.0784. The molecule has 25 heavy (non-hydrogen) atoms. The summed E-state index contributed by atoms with van der Waals surface area (Å²) in [5.41, 5.74) is 3.55. The van der Waals surface area contributed by atoms with Crippen LogP contribution in [0.4, 0.5) is 0 Å². The van der Waals surface area contributed by atoms with Crippen LogP contribution in [0.1, 0.15) is 16.1 Å². The predicted octanol–water partition coefficient (Wildman–Crippen LogP) is 3.62. The molecule has 0 aliphatic rings. The molecule has 2 heterocycles. The zero-order valence-corrected chi connectivity index (χ0v) is 14.2. The number of hydrogen-bond acceptors (Lipinski definition) is 6. The lowest BCUT2D eigenvalue weighted by Crippen LogP contribution is -2.26. The van der Waals surface area contributed by atoms with E-state index >= 15 is 0 Å². The molecule has 0 unspecified atom stereocenters. The monoisotopic (exact) mass is 350 g/mol. The molecule has 0 saturated heterocycles. The third-order valence-electron chi connectivity index (χ3n) is 3.88. The first-order valence-corrected chi connectivity index (χ1v) is 8.43. The zero-order valence-electron chi connectivity index (χ0n) is 13.4. The minimum Gasteiger partial charge on any atom is -0.356 e. The molecule has 2 aromatic carbocycles. The molecule has 1 amide bonds. The predicted molar refractivity (Wildman–Crippen MR) is 95.2 cm³/mol. The van der Waals surface area contributed by atoms with Crippen LogP contribution in [-0.2, 0) is 6.54 Å². The van der Waals surface area contributed by atoms with Crippen LogP contribution in [0.15, 0.2) is 59.1 Å². The number of rotatable bonds is 4. The van der Waals surface area contributed by atoms with Crippen LogP contribution in [0.5, 0.6) is 0 Å². The van der Waals surface area contributed by atoms with Gasteiger partial charge in [-0.25, -0.2) is 0 Å². The Labute approximate surface area is 148 Å². The van der Waals surface area contributed by atoms with E-state index in [0.717, 1.165) is 22.8 Å². The van der Waals surface area contributed by atoms with E-state index in [4.69, 9.17) is 4.52 Å². The van der Waals surface area contributed by atoms with E-state index in [1.54, 1.807) is 18.0 Å². The standard InChI is InChI=1S/C18H14N4O2S/c1-22(18(23)14-8-5-9-15-17(14)21-25-20-15)11-13-10-16(24-19-13)12-6-3-2-4-7-12/h2-10H,11H2,1H3. The van der Waals surface area contributed by atoms with Crippen molar-refractivity contribution in [3.63, 3.8) is 0 Å². The summed E-state index contributed by atoms with van der Waals surface area (Å²) in [5, 5.41) is 4.07. The highest BCUT2D eigenvalue weighted by molar-refractivity contribution is 7.00. The molecule has 124 valence electrons. The smallest absolute Gasteiger partial charge is 0.256 e. The molecule has 4 aromatic rings. The zero-order chi connectivity index (χ0) is 17.2. The lowest BCUT2D eigenvalue weighted by Gasteiger charge is -2.15. The van der Waals surface area contributed by atoms with Gasteiger partial charge in [-0.1, -0.05) is 41.6 Å². The van der Waals surface area contributed by atoms with Crippen LogP contribution in [0.3, 0.4) is 0 Å². The number of nitrogens with zero attached hydrogens (tertiary/aromatic N) is 4. The molecule has 0 N–H and O–H groups in total. The first-order chi connectivity index (χ1) is 12.2. The van der Waals surface area contributed by atoms with E-state index in [9.17, 15) is 4.79 Å². The van der Waals surface area contributed by atoms with Gasteiger partial charge in [0.2, 0.25) is 0 Å². The molecular weight excluding hydrogens is 336 g/mol. The van der Waals surface area contributed by atoms with E-state index in [0.29, 0.717) is 29.1 Å². The summed E-state index contributed by atoms with van der Waals surface area (Å²) in [4.78, 5) is 14.3. The molecule has 0 bridgehead atoms. The van der Waals surface area contributed by atoms with Crippen LogP contribution in [0.25, 0.3) is 22.4 Å². The van der Waals surface area contributed by atoms with E-state index in [2.05, 4.69) is 13.9 Å². The first-order valence-electron chi connectivity index (χ1n) is 7.70. The Hall–Kier alpha value is -3.06. The van der Waals surface area contributed by atoms with Crippen molar-refractivity contribution < 1.29 is 9.32 Å². The Bertz CT molecular complexity index is 1030. The molecule has 0 atom stereocenters. The number of amides is 1. The minimum absolute atomic E-state index is 0.123. The highest BCUT2D eigenvalue weighted by Crippen LogP contribution is 2.22. The largest absolute Gasteiger partial charge is 0.356 e. The molecule has 6 nitrogen and oxygen atoms in total. The average molecular weight is 350 g/mol. The first kappa shape index (κ1) is 15.5. The van der Waals surface area contributed by atoms with Gasteiger partial charge in [0.15, 0.2) is 5.76 Å². The Morgan fingerprint density at radius 1 is 1.12 bits per heavy atom. The second-order valence-corrected chi connectivity index (χ2v) is 6.18. The van der Waals surface area contributed by atoms with Gasteiger partial charge in [-0.05, 0) is 12.1 Å². The second kappa shape index (κ2) is 6.45. The molecule has 0 fully saturated rings. The highest BCUT2D eigenvalue weighted by atomic mass is 32.1. The summed E-state index contributed by atoms with van der Waals surface area (Å²) in [5.74, 6) is 0.560. The summed E-state index contributed by atoms with van der Waals surface area (Å²) in [6.45, 7) is 0.350. The quantitative estimate of drug-likeness (QED) is 0.562. The Morgan fingerprint density at radius 3 is 2.80 bits per heavy atom. The molecule has 2 aromatic heterocycles. The molecule has 0 spiro atoms.